The summed E-state index contributed by atoms with van der Waals surface area (Å²) in [7, 11) is 0. The lowest BCUT2D eigenvalue weighted by molar-refractivity contribution is 0.485. The molecular formula is C10H10OS2. The molecule has 2 rings (SSSR count). The number of fused-ring (bicyclic) bond motifs is 1. The fraction of sp³-hybridized carbons (Fsp3) is 0.200. The van der Waals surface area contributed by atoms with Crippen molar-refractivity contribution >= 4 is 34.1 Å². The molecule has 2 aromatic rings. The van der Waals surface area contributed by atoms with E-state index in [1.54, 1.807) is 0 Å². The van der Waals surface area contributed by atoms with Crippen LogP contribution in [0.25, 0.3) is 10.1 Å². The Morgan fingerprint density at radius 3 is 2.92 bits per heavy atom. The van der Waals surface area contributed by atoms with Crippen LogP contribution in [0.5, 0.6) is 5.06 Å². The third-order valence-electron chi connectivity index (χ3n) is 2.12. The van der Waals surface area contributed by atoms with Crippen LogP contribution >= 0.6 is 24.0 Å². The van der Waals surface area contributed by atoms with Gasteiger partial charge in [0.2, 0.25) is 0 Å². The lowest BCUT2D eigenvalue weighted by atomic mass is 10.1. The quantitative estimate of drug-likeness (QED) is 0.691. The lowest BCUT2D eigenvalue weighted by Crippen LogP contribution is -1.77. The number of aromatic hydroxyl groups is 1. The molecule has 0 saturated carbocycles. The summed E-state index contributed by atoms with van der Waals surface area (Å²) in [6.45, 7) is 2.04. The zero-order chi connectivity index (χ0) is 9.42. The van der Waals surface area contributed by atoms with Crippen molar-refractivity contribution in [1.29, 1.82) is 0 Å². The van der Waals surface area contributed by atoms with E-state index in [1.807, 2.05) is 25.1 Å². The smallest absolute Gasteiger partial charge is 0.175 e. The Morgan fingerprint density at radius 1 is 1.46 bits per heavy atom. The van der Waals surface area contributed by atoms with Crippen LogP contribution in [-0.2, 0) is 6.42 Å². The first kappa shape index (κ1) is 8.91. The minimum absolute atomic E-state index is 0.430. The largest absolute Gasteiger partial charge is 0.499 e. The van der Waals surface area contributed by atoms with Crippen LogP contribution in [-0.4, -0.2) is 5.11 Å². The molecule has 3 heteroatoms. The van der Waals surface area contributed by atoms with Crippen LogP contribution in [0.4, 0.5) is 0 Å². The highest BCUT2D eigenvalue weighted by Crippen LogP contribution is 2.39. The van der Waals surface area contributed by atoms with Crippen LogP contribution in [0.1, 0.15) is 12.5 Å². The summed E-state index contributed by atoms with van der Waals surface area (Å²) < 4.78 is 1.11. The summed E-state index contributed by atoms with van der Waals surface area (Å²) in [6.07, 6.45) is 0.851. The number of hydrogen-bond donors (Lipinski definition) is 2. The fourth-order valence-corrected chi connectivity index (χ4v) is 2.99. The molecule has 0 fully saturated rings. The normalized spacial score (nSPS) is 10.9. The van der Waals surface area contributed by atoms with Crippen molar-refractivity contribution in [2.24, 2.45) is 0 Å². The zero-order valence-electron chi connectivity index (χ0n) is 7.24. The highest BCUT2D eigenvalue weighted by molar-refractivity contribution is 7.80. The maximum atomic E-state index is 9.64. The molecule has 1 nitrogen and oxygen atoms in total. The van der Waals surface area contributed by atoms with Gasteiger partial charge in [0.05, 0.1) is 0 Å². The molecule has 68 valence electrons. The molecule has 0 aliphatic heterocycles. The van der Waals surface area contributed by atoms with Gasteiger partial charge in [-0.3, -0.25) is 0 Å². The van der Waals surface area contributed by atoms with Crippen LogP contribution in [0.15, 0.2) is 23.1 Å². The molecule has 0 unspecified atom stereocenters. The van der Waals surface area contributed by atoms with E-state index >= 15 is 0 Å². The average molecular weight is 210 g/mol. The van der Waals surface area contributed by atoms with Gasteiger partial charge < -0.3 is 5.11 Å². The molecule has 0 spiro atoms. The highest BCUT2D eigenvalue weighted by Gasteiger charge is 2.10. The van der Waals surface area contributed by atoms with Gasteiger partial charge in [-0.25, -0.2) is 0 Å². The highest BCUT2D eigenvalue weighted by atomic mass is 32.1. The fourth-order valence-electron chi connectivity index (χ4n) is 1.51. The predicted molar refractivity (Wildman–Crippen MR) is 60.1 cm³/mol. The topological polar surface area (TPSA) is 20.2 Å². The first-order chi connectivity index (χ1) is 6.24. The second-order valence-corrected chi connectivity index (χ2v) is 4.40. The number of thiophene rings is 1. The minimum atomic E-state index is 0.430. The molecule has 0 amide bonds. The Balaban J connectivity index is 2.88. The Kier molecular flexibility index (Phi) is 2.22. The standard InChI is InChI=1S/C10H10OS2/c1-2-6-9-7(12)4-3-5-8(9)13-10(6)11/h3-5,11-12H,2H2,1H3. The molecule has 0 bridgehead atoms. The third kappa shape index (κ3) is 1.32. The van der Waals surface area contributed by atoms with Crippen molar-refractivity contribution in [3.05, 3.63) is 23.8 Å². The van der Waals surface area contributed by atoms with Gasteiger partial charge in [0, 0.05) is 20.5 Å². The van der Waals surface area contributed by atoms with E-state index in [9.17, 15) is 5.11 Å². The minimum Gasteiger partial charge on any atom is -0.499 e. The summed E-state index contributed by atoms with van der Waals surface area (Å²) in [5.74, 6) is 0. The summed E-state index contributed by atoms with van der Waals surface area (Å²) in [5, 5.41) is 11.2. The van der Waals surface area contributed by atoms with Crippen molar-refractivity contribution in [3.63, 3.8) is 0 Å². The van der Waals surface area contributed by atoms with E-state index in [-0.39, 0.29) is 0 Å². The molecule has 1 heterocycles. The first-order valence-electron chi connectivity index (χ1n) is 4.16. The van der Waals surface area contributed by atoms with Gasteiger partial charge in [-0.1, -0.05) is 24.3 Å². The van der Waals surface area contributed by atoms with Gasteiger partial charge in [-0.05, 0) is 18.6 Å². The summed E-state index contributed by atoms with van der Waals surface area (Å²) in [6, 6.07) is 5.93. The molecule has 0 atom stereocenters. The maximum absolute atomic E-state index is 9.64. The van der Waals surface area contributed by atoms with Crippen molar-refractivity contribution in [2.75, 3.05) is 0 Å². The maximum Gasteiger partial charge on any atom is 0.175 e. The van der Waals surface area contributed by atoms with Crippen LogP contribution in [0, 0.1) is 0 Å². The number of benzene rings is 1. The van der Waals surface area contributed by atoms with E-state index in [2.05, 4.69) is 12.6 Å². The van der Waals surface area contributed by atoms with Crippen molar-refractivity contribution in [2.45, 2.75) is 18.2 Å². The van der Waals surface area contributed by atoms with Gasteiger partial charge >= 0.3 is 0 Å². The second kappa shape index (κ2) is 3.24. The number of hydrogen-bond acceptors (Lipinski definition) is 3. The van der Waals surface area contributed by atoms with Gasteiger partial charge in [0.25, 0.3) is 0 Å². The van der Waals surface area contributed by atoms with E-state index < -0.39 is 0 Å². The van der Waals surface area contributed by atoms with Crippen molar-refractivity contribution < 1.29 is 5.11 Å². The molecule has 13 heavy (non-hydrogen) atoms. The second-order valence-electron chi connectivity index (χ2n) is 2.89. The summed E-state index contributed by atoms with van der Waals surface area (Å²) >= 11 is 5.81. The monoisotopic (exact) mass is 210 g/mol. The van der Waals surface area contributed by atoms with E-state index in [1.165, 1.54) is 11.3 Å². The van der Waals surface area contributed by atoms with Crippen molar-refractivity contribution in [3.8, 4) is 5.06 Å². The molecule has 1 aromatic heterocycles. The predicted octanol–water partition coefficient (Wildman–Crippen LogP) is 3.46. The summed E-state index contributed by atoms with van der Waals surface area (Å²) in [4.78, 5) is 0.950. The zero-order valence-corrected chi connectivity index (χ0v) is 8.95. The summed E-state index contributed by atoms with van der Waals surface area (Å²) in [5.41, 5.74) is 1.02. The molecule has 0 aliphatic rings. The van der Waals surface area contributed by atoms with Gasteiger partial charge in [0.15, 0.2) is 5.06 Å². The number of rotatable bonds is 1. The first-order valence-corrected chi connectivity index (χ1v) is 5.42. The Morgan fingerprint density at radius 2 is 2.23 bits per heavy atom. The van der Waals surface area contributed by atoms with Gasteiger partial charge in [-0.15, -0.1) is 12.6 Å². The third-order valence-corrected chi connectivity index (χ3v) is 3.50. The molecule has 1 aromatic carbocycles. The Bertz CT molecular complexity index is 445. The van der Waals surface area contributed by atoms with Crippen LogP contribution < -0.4 is 0 Å². The SMILES string of the molecule is CCc1c(O)sc2cccc(S)c12. The van der Waals surface area contributed by atoms with E-state index in [4.69, 9.17) is 0 Å². The van der Waals surface area contributed by atoms with E-state index in [0.29, 0.717) is 5.06 Å². The lowest BCUT2D eigenvalue weighted by Gasteiger charge is -1.97. The molecule has 1 N–H and O–H groups in total. The van der Waals surface area contributed by atoms with E-state index in [0.717, 1.165) is 27.0 Å². The number of aryl methyl sites for hydroxylation is 1. The van der Waals surface area contributed by atoms with Crippen LogP contribution in [0.2, 0.25) is 0 Å². The molecular weight excluding hydrogens is 200 g/mol. The molecule has 0 saturated heterocycles. The van der Waals surface area contributed by atoms with Crippen molar-refractivity contribution in [1.82, 2.24) is 0 Å². The number of thiol groups is 1. The molecule has 0 radical (unpaired) electrons. The average Bonchev–Trinajstić information content (AvgIpc) is 2.42. The van der Waals surface area contributed by atoms with Crippen LogP contribution in [0.3, 0.4) is 0 Å². The Labute approximate surface area is 86.4 Å². The van der Waals surface area contributed by atoms with Gasteiger partial charge in [-0.2, -0.15) is 0 Å². The van der Waals surface area contributed by atoms with Gasteiger partial charge in [0.1, 0.15) is 0 Å². The molecule has 0 aliphatic carbocycles. The Hall–Kier alpha value is -0.670.